The quantitative estimate of drug-likeness (QED) is 0.814. The monoisotopic (exact) mass is 243 g/mol. The Kier molecular flexibility index (Phi) is 3.00. The van der Waals surface area contributed by atoms with Gasteiger partial charge in [-0.3, -0.25) is 0 Å². The Morgan fingerprint density at radius 2 is 1.89 bits per heavy atom. The lowest BCUT2D eigenvalue weighted by molar-refractivity contribution is 0.415. The van der Waals surface area contributed by atoms with Crippen molar-refractivity contribution in [2.24, 2.45) is 0 Å². The van der Waals surface area contributed by atoms with Gasteiger partial charge in [-0.25, -0.2) is 0 Å². The second-order valence-electron chi connectivity index (χ2n) is 4.63. The Hall–Kier alpha value is -1.84. The summed E-state index contributed by atoms with van der Waals surface area (Å²) >= 11 is 0. The molecule has 0 aliphatic carbocycles. The molecule has 0 bridgehead atoms. The molecule has 0 spiro atoms. The van der Waals surface area contributed by atoms with Gasteiger partial charge < -0.3 is 9.30 Å². The summed E-state index contributed by atoms with van der Waals surface area (Å²) in [4.78, 5) is 0. The summed E-state index contributed by atoms with van der Waals surface area (Å²) < 4.78 is 7.44. The minimum absolute atomic E-state index is 0.870. The van der Waals surface area contributed by atoms with E-state index in [1.54, 1.807) is 7.11 Å². The number of benzene rings is 1. The lowest BCUT2D eigenvalue weighted by atomic mass is 10.2. The van der Waals surface area contributed by atoms with Crippen molar-refractivity contribution in [2.45, 2.75) is 32.2 Å². The number of nitrogens with zero attached hydrogens (tertiary/aromatic N) is 3. The maximum absolute atomic E-state index is 5.18. The van der Waals surface area contributed by atoms with Crippen LogP contribution < -0.4 is 4.74 Å². The number of rotatable bonds is 2. The Bertz CT molecular complexity index is 530. The highest BCUT2D eigenvalue weighted by atomic mass is 16.5. The SMILES string of the molecule is COc1ccc(-c2nnc3n2CCCCC3)cc1. The van der Waals surface area contributed by atoms with E-state index in [2.05, 4.69) is 14.8 Å². The molecule has 1 aliphatic heterocycles. The van der Waals surface area contributed by atoms with Crippen LogP contribution in [0.25, 0.3) is 11.4 Å². The summed E-state index contributed by atoms with van der Waals surface area (Å²) in [5.41, 5.74) is 1.11. The Morgan fingerprint density at radius 3 is 2.67 bits per heavy atom. The van der Waals surface area contributed by atoms with Gasteiger partial charge in [0.1, 0.15) is 11.6 Å². The van der Waals surface area contributed by atoms with Crippen LogP contribution in [0.2, 0.25) is 0 Å². The first-order chi connectivity index (χ1) is 8.88. The second kappa shape index (κ2) is 4.80. The molecule has 0 N–H and O–H groups in total. The smallest absolute Gasteiger partial charge is 0.163 e. The number of hydrogen-bond acceptors (Lipinski definition) is 3. The number of hydrogen-bond donors (Lipinski definition) is 0. The molecule has 4 heteroatoms. The van der Waals surface area contributed by atoms with Gasteiger partial charge in [-0.15, -0.1) is 10.2 Å². The Morgan fingerprint density at radius 1 is 1.06 bits per heavy atom. The van der Waals surface area contributed by atoms with Crippen molar-refractivity contribution in [1.29, 1.82) is 0 Å². The van der Waals surface area contributed by atoms with E-state index < -0.39 is 0 Å². The van der Waals surface area contributed by atoms with Crippen molar-refractivity contribution in [1.82, 2.24) is 14.8 Å². The van der Waals surface area contributed by atoms with Gasteiger partial charge in [0.05, 0.1) is 7.11 Å². The van der Waals surface area contributed by atoms with Crippen LogP contribution in [0.1, 0.15) is 25.1 Å². The minimum Gasteiger partial charge on any atom is -0.497 e. The Balaban J connectivity index is 1.98. The highest BCUT2D eigenvalue weighted by Crippen LogP contribution is 2.24. The topological polar surface area (TPSA) is 39.9 Å². The molecule has 4 nitrogen and oxygen atoms in total. The number of methoxy groups -OCH3 is 1. The largest absolute Gasteiger partial charge is 0.497 e. The van der Waals surface area contributed by atoms with E-state index in [1.807, 2.05) is 24.3 Å². The summed E-state index contributed by atoms with van der Waals surface area (Å²) in [5.74, 6) is 2.97. The van der Waals surface area contributed by atoms with E-state index in [9.17, 15) is 0 Å². The van der Waals surface area contributed by atoms with E-state index >= 15 is 0 Å². The average molecular weight is 243 g/mol. The maximum Gasteiger partial charge on any atom is 0.163 e. The molecule has 1 aromatic carbocycles. The molecule has 2 heterocycles. The molecule has 0 saturated heterocycles. The molecule has 1 aromatic heterocycles. The molecule has 0 amide bonds. The van der Waals surface area contributed by atoms with Crippen LogP contribution in [0.15, 0.2) is 24.3 Å². The third kappa shape index (κ3) is 1.98. The van der Waals surface area contributed by atoms with Crippen molar-refractivity contribution in [2.75, 3.05) is 7.11 Å². The van der Waals surface area contributed by atoms with Crippen LogP contribution >= 0.6 is 0 Å². The highest BCUT2D eigenvalue weighted by Gasteiger charge is 2.15. The number of aromatic nitrogens is 3. The average Bonchev–Trinajstić information content (AvgIpc) is 2.68. The van der Waals surface area contributed by atoms with Crippen LogP contribution in [0.3, 0.4) is 0 Å². The predicted molar refractivity (Wildman–Crippen MR) is 69.6 cm³/mol. The van der Waals surface area contributed by atoms with Crippen molar-refractivity contribution in [3.05, 3.63) is 30.1 Å². The van der Waals surface area contributed by atoms with Gasteiger partial charge in [-0.2, -0.15) is 0 Å². The highest BCUT2D eigenvalue weighted by molar-refractivity contribution is 5.56. The number of fused-ring (bicyclic) bond motifs is 1. The zero-order valence-electron chi connectivity index (χ0n) is 10.6. The van der Waals surface area contributed by atoms with Crippen LogP contribution in [0.5, 0.6) is 5.75 Å². The summed E-state index contributed by atoms with van der Waals surface area (Å²) in [6, 6.07) is 8.02. The minimum atomic E-state index is 0.870. The molecule has 18 heavy (non-hydrogen) atoms. The predicted octanol–water partition coefficient (Wildman–Crippen LogP) is 2.68. The molecule has 2 aromatic rings. The summed E-state index contributed by atoms with van der Waals surface area (Å²) in [6.07, 6.45) is 4.77. The fourth-order valence-electron chi connectivity index (χ4n) is 2.44. The van der Waals surface area contributed by atoms with Crippen LogP contribution in [-0.2, 0) is 13.0 Å². The fourth-order valence-corrected chi connectivity index (χ4v) is 2.44. The first-order valence-electron chi connectivity index (χ1n) is 6.45. The van der Waals surface area contributed by atoms with E-state index in [0.29, 0.717) is 0 Å². The zero-order chi connectivity index (χ0) is 12.4. The summed E-state index contributed by atoms with van der Waals surface area (Å²) in [6.45, 7) is 1.03. The third-order valence-corrected chi connectivity index (χ3v) is 3.46. The van der Waals surface area contributed by atoms with Crippen molar-refractivity contribution >= 4 is 0 Å². The van der Waals surface area contributed by atoms with E-state index in [-0.39, 0.29) is 0 Å². The molecule has 0 unspecified atom stereocenters. The Labute approximate surface area is 107 Å². The van der Waals surface area contributed by atoms with E-state index in [1.165, 1.54) is 19.3 Å². The molecular weight excluding hydrogens is 226 g/mol. The van der Waals surface area contributed by atoms with Gasteiger partial charge in [0.15, 0.2) is 5.82 Å². The molecule has 94 valence electrons. The summed E-state index contributed by atoms with van der Waals surface area (Å²) in [7, 11) is 1.68. The van der Waals surface area contributed by atoms with Gasteiger partial charge in [0, 0.05) is 18.5 Å². The molecule has 3 rings (SSSR count). The molecular formula is C14H17N3O. The first kappa shape index (κ1) is 11.3. The van der Waals surface area contributed by atoms with Gasteiger partial charge in [-0.1, -0.05) is 6.42 Å². The number of aryl methyl sites for hydroxylation is 1. The van der Waals surface area contributed by atoms with Crippen molar-refractivity contribution in [3.63, 3.8) is 0 Å². The first-order valence-corrected chi connectivity index (χ1v) is 6.45. The van der Waals surface area contributed by atoms with Crippen LogP contribution in [0.4, 0.5) is 0 Å². The second-order valence-corrected chi connectivity index (χ2v) is 4.63. The van der Waals surface area contributed by atoms with Gasteiger partial charge >= 0.3 is 0 Å². The van der Waals surface area contributed by atoms with Gasteiger partial charge in [-0.05, 0) is 37.1 Å². The molecule has 0 radical (unpaired) electrons. The number of ether oxygens (including phenoxy) is 1. The third-order valence-electron chi connectivity index (χ3n) is 3.46. The molecule has 0 fully saturated rings. The van der Waals surface area contributed by atoms with Gasteiger partial charge in [0.2, 0.25) is 0 Å². The molecule has 1 aliphatic rings. The van der Waals surface area contributed by atoms with Crippen LogP contribution in [-0.4, -0.2) is 21.9 Å². The van der Waals surface area contributed by atoms with Crippen LogP contribution in [0, 0.1) is 0 Å². The summed E-state index contributed by atoms with van der Waals surface area (Å²) in [5, 5.41) is 8.65. The van der Waals surface area contributed by atoms with Gasteiger partial charge in [0.25, 0.3) is 0 Å². The lowest BCUT2D eigenvalue weighted by Gasteiger charge is -2.07. The van der Waals surface area contributed by atoms with E-state index in [0.717, 1.165) is 35.9 Å². The van der Waals surface area contributed by atoms with Crippen molar-refractivity contribution < 1.29 is 4.74 Å². The van der Waals surface area contributed by atoms with Crippen molar-refractivity contribution in [3.8, 4) is 17.1 Å². The normalized spacial score (nSPS) is 14.9. The molecule has 0 saturated carbocycles. The lowest BCUT2D eigenvalue weighted by Crippen LogP contribution is -2.02. The zero-order valence-corrected chi connectivity index (χ0v) is 10.6. The standard InChI is InChI=1S/C14H17N3O/c1-18-12-8-6-11(7-9-12)14-16-15-13-5-3-2-4-10-17(13)14/h6-9H,2-5,10H2,1H3. The molecule has 0 atom stereocenters. The van der Waals surface area contributed by atoms with E-state index in [4.69, 9.17) is 4.74 Å². The maximum atomic E-state index is 5.18. The fraction of sp³-hybridized carbons (Fsp3) is 0.429.